The van der Waals surface area contributed by atoms with Crippen LogP contribution in [0.5, 0.6) is 0 Å². The van der Waals surface area contributed by atoms with E-state index in [0.717, 1.165) is 6.54 Å². The molecule has 1 aromatic rings. The summed E-state index contributed by atoms with van der Waals surface area (Å²) < 4.78 is 0. The maximum Gasteiger partial charge on any atom is 0.0365 e. The van der Waals surface area contributed by atoms with Gasteiger partial charge in [-0.1, -0.05) is 56.5 Å². The summed E-state index contributed by atoms with van der Waals surface area (Å²) in [5.41, 5.74) is 1.90. The second kappa shape index (κ2) is 8.30. The molecule has 0 amide bonds. The Hall–Kier alpha value is -0.860. The molecule has 1 N–H and O–H groups in total. The van der Waals surface area contributed by atoms with E-state index in [1.54, 1.807) is 0 Å². The highest BCUT2D eigenvalue weighted by molar-refractivity contribution is 5.18. The van der Waals surface area contributed by atoms with E-state index < -0.39 is 0 Å². The van der Waals surface area contributed by atoms with Crippen LogP contribution in [-0.4, -0.2) is 36.1 Å². The van der Waals surface area contributed by atoms with Crippen LogP contribution in [0.25, 0.3) is 0 Å². The minimum absolute atomic E-state index is 0.408. The molecule has 3 rings (SSSR count). The van der Waals surface area contributed by atoms with Gasteiger partial charge >= 0.3 is 0 Å². The lowest BCUT2D eigenvalue weighted by Crippen LogP contribution is -2.62. The standard InChI is InChI=1S/C21H34N2/c1-2-15-22-20(18-19-11-5-3-6-12-19)21(13-7-8-14-21)23-16-9-4-10-17-23/h3,5-6,11-12,20,22H,2,4,7-10,13-18H2,1H3. The van der Waals surface area contributed by atoms with Crippen molar-refractivity contribution in [3.05, 3.63) is 35.9 Å². The molecule has 2 nitrogen and oxygen atoms in total. The van der Waals surface area contributed by atoms with E-state index in [9.17, 15) is 0 Å². The number of rotatable bonds is 7. The second-order valence-corrected chi connectivity index (χ2v) is 7.55. The van der Waals surface area contributed by atoms with Crippen molar-refractivity contribution >= 4 is 0 Å². The van der Waals surface area contributed by atoms with E-state index in [2.05, 4.69) is 47.5 Å². The van der Waals surface area contributed by atoms with Crippen molar-refractivity contribution in [3.8, 4) is 0 Å². The van der Waals surface area contributed by atoms with Gasteiger partial charge in [0.2, 0.25) is 0 Å². The predicted molar refractivity (Wildman–Crippen MR) is 98.9 cm³/mol. The molecule has 1 unspecified atom stereocenters. The fourth-order valence-electron chi connectivity index (χ4n) is 4.83. The zero-order chi connectivity index (χ0) is 16.0. The Kier molecular flexibility index (Phi) is 6.13. The topological polar surface area (TPSA) is 15.3 Å². The summed E-state index contributed by atoms with van der Waals surface area (Å²) in [4.78, 5) is 2.87. The first-order valence-corrected chi connectivity index (χ1v) is 9.87. The van der Waals surface area contributed by atoms with E-state index in [4.69, 9.17) is 0 Å². The second-order valence-electron chi connectivity index (χ2n) is 7.55. The van der Waals surface area contributed by atoms with Gasteiger partial charge in [-0.15, -0.1) is 0 Å². The number of likely N-dealkylation sites (tertiary alicyclic amines) is 1. The number of benzene rings is 1. The van der Waals surface area contributed by atoms with E-state index in [1.165, 1.54) is 76.4 Å². The van der Waals surface area contributed by atoms with Gasteiger partial charge in [-0.2, -0.15) is 0 Å². The van der Waals surface area contributed by atoms with Crippen molar-refractivity contribution in [1.82, 2.24) is 10.2 Å². The minimum atomic E-state index is 0.408. The molecule has 1 saturated heterocycles. The quantitative estimate of drug-likeness (QED) is 0.802. The first kappa shape index (κ1) is 17.0. The van der Waals surface area contributed by atoms with Crippen LogP contribution < -0.4 is 5.32 Å². The Balaban J connectivity index is 1.81. The molecule has 0 spiro atoms. The molecule has 1 aromatic carbocycles. The molecular formula is C21H34N2. The molecule has 23 heavy (non-hydrogen) atoms. The van der Waals surface area contributed by atoms with Crippen LogP contribution in [0, 0.1) is 0 Å². The van der Waals surface area contributed by atoms with Crippen molar-refractivity contribution in [2.75, 3.05) is 19.6 Å². The molecule has 0 radical (unpaired) electrons. The molecule has 1 aliphatic carbocycles. The third-order valence-corrected chi connectivity index (χ3v) is 6.03. The third-order valence-electron chi connectivity index (χ3n) is 6.03. The Morgan fingerprint density at radius 2 is 1.70 bits per heavy atom. The van der Waals surface area contributed by atoms with E-state index in [1.807, 2.05) is 0 Å². The molecule has 128 valence electrons. The zero-order valence-electron chi connectivity index (χ0n) is 14.9. The number of nitrogens with zero attached hydrogens (tertiary/aromatic N) is 1. The normalized spacial score (nSPS) is 23.0. The van der Waals surface area contributed by atoms with Gasteiger partial charge in [0.1, 0.15) is 0 Å². The van der Waals surface area contributed by atoms with Crippen molar-refractivity contribution < 1.29 is 0 Å². The van der Waals surface area contributed by atoms with Gasteiger partial charge in [-0.05, 0) is 63.7 Å². The van der Waals surface area contributed by atoms with E-state index in [-0.39, 0.29) is 0 Å². The van der Waals surface area contributed by atoms with Crippen LogP contribution in [-0.2, 0) is 6.42 Å². The summed E-state index contributed by atoms with van der Waals surface area (Å²) in [7, 11) is 0. The fourth-order valence-corrected chi connectivity index (χ4v) is 4.83. The van der Waals surface area contributed by atoms with Crippen LogP contribution in [0.3, 0.4) is 0 Å². The zero-order valence-corrected chi connectivity index (χ0v) is 14.9. The summed E-state index contributed by atoms with van der Waals surface area (Å²) >= 11 is 0. The van der Waals surface area contributed by atoms with Gasteiger partial charge in [-0.3, -0.25) is 4.90 Å². The third kappa shape index (κ3) is 3.97. The molecule has 0 bridgehead atoms. The van der Waals surface area contributed by atoms with Crippen LogP contribution in [0.1, 0.15) is 63.9 Å². The van der Waals surface area contributed by atoms with Gasteiger partial charge in [-0.25, -0.2) is 0 Å². The molecule has 1 saturated carbocycles. The monoisotopic (exact) mass is 314 g/mol. The maximum absolute atomic E-state index is 3.96. The van der Waals surface area contributed by atoms with Gasteiger partial charge in [0.05, 0.1) is 0 Å². The SMILES string of the molecule is CCCNC(Cc1ccccc1)C1(N2CCCCC2)CCCC1. The lowest BCUT2D eigenvalue weighted by Gasteiger charge is -2.49. The Bertz CT molecular complexity index is 444. The fraction of sp³-hybridized carbons (Fsp3) is 0.714. The highest BCUT2D eigenvalue weighted by atomic mass is 15.2. The molecule has 2 heteroatoms. The van der Waals surface area contributed by atoms with Crippen molar-refractivity contribution in [2.24, 2.45) is 0 Å². The smallest absolute Gasteiger partial charge is 0.0365 e. The van der Waals surface area contributed by atoms with Crippen molar-refractivity contribution in [2.45, 2.75) is 76.3 Å². The molecular weight excluding hydrogens is 280 g/mol. The van der Waals surface area contributed by atoms with E-state index >= 15 is 0 Å². The van der Waals surface area contributed by atoms with Crippen LogP contribution in [0.15, 0.2) is 30.3 Å². The van der Waals surface area contributed by atoms with Crippen molar-refractivity contribution in [3.63, 3.8) is 0 Å². The van der Waals surface area contributed by atoms with Gasteiger partial charge in [0.15, 0.2) is 0 Å². The van der Waals surface area contributed by atoms with Crippen LogP contribution in [0.4, 0.5) is 0 Å². The number of piperidine rings is 1. The number of hydrogen-bond acceptors (Lipinski definition) is 2. The molecule has 2 aliphatic rings. The lowest BCUT2D eigenvalue weighted by molar-refractivity contribution is 0.0366. The highest BCUT2D eigenvalue weighted by Crippen LogP contribution is 2.40. The summed E-state index contributed by atoms with van der Waals surface area (Å²) in [6.07, 6.45) is 12.2. The summed E-state index contributed by atoms with van der Waals surface area (Å²) in [6, 6.07) is 11.7. The van der Waals surface area contributed by atoms with Gasteiger partial charge in [0, 0.05) is 11.6 Å². The molecule has 2 fully saturated rings. The average molecular weight is 315 g/mol. The Morgan fingerprint density at radius 3 is 2.35 bits per heavy atom. The predicted octanol–water partition coefficient (Wildman–Crippen LogP) is 4.40. The largest absolute Gasteiger partial charge is 0.312 e. The Labute approximate surface area is 142 Å². The van der Waals surface area contributed by atoms with Gasteiger partial charge < -0.3 is 5.32 Å². The first-order valence-electron chi connectivity index (χ1n) is 9.87. The minimum Gasteiger partial charge on any atom is -0.312 e. The molecule has 1 atom stereocenters. The molecule has 1 heterocycles. The lowest BCUT2D eigenvalue weighted by atomic mass is 9.81. The van der Waals surface area contributed by atoms with Crippen LogP contribution >= 0.6 is 0 Å². The van der Waals surface area contributed by atoms with Crippen molar-refractivity contribution in [1.29, 1.82) is 0 Å². The first-order chi connectivity index (χ1) is 11.3. The summed E-state index contributed by atoms with van der Waals surface area (Å²) in [6.45, 7) is 6.07. The Morgan fingerprint density at radius 1 is 1.00 bits per heavy atom. The van der Waals surface area contributed by atoms with Crippen LogP contribution in [0.2, 0.25) is 0 Å². The highest BCUT2D eigenvalue weighted by Gasteiger charge is 2.45. The average Bonchev–Trinajstić information content (AvgIpc) is 3.11. The molecule has 1 aliphatic heterocycles. The number of nitrogens with one attached hydrogen (secondary N) is 1. The summed E-state index contributed by atoms with van der Waals surface area (Å²) in [5, 5.41) is 3.96. The summed E-state index contributed by atoms with van der Waals surface area (Å²) in [5.74, 6) is 0. The van der Waals surface area contributed by atoms with Gasteiger partial charge in [0.25, 0.3) is 0 Å². The number of hydrogen-bond donors (Lipinski definition) is 1. The van der Waals surface area contributed by atoms with E-state index in [0.29, 0.717) is 11.6 Å². The molecule has 0 aromatic heterocycles. The maximum atomic E-state index is 3.96.